The Kier molecular flexibility index (Phi) is 3.07. The Labute approximate surface area is 120 Å². The molecule has 2 fully saturated rings. The van der Waals surface area contributed by atoms with Crippen LogP contribution in [0.15, 0.2) is 36.7 Å². The molecule has 104 valence electrons. The maximum Gasteiger partial charge on any atom is 0.0437 e. The molecule has 3 nitrogen and oxygen atoms in total. The molecule has 0 spiro atoms. The zero-order valence-corrected chi connectivity index (χ0v) is 11.8. The number of aromatic nitrogens is 1. The molecule has 2 atom stereocenters. The van der Waals surface area contributed by atoms with E-state index in [1.165, 1.54) is 55.2 Å². The minimum Gasteiger partial charge on any atom is -0.382 e. The van der Waals surface area contributed by atoms with Crippen molar-refractivity contribution in [3.8, 4) is 0 Å². The Morgan fingerprint density at radius 3 is 3.15 bits per heavy atom. The summed E-state index contributed by atoms with van der Waals surface area (Å²) < 4.78 is 0. The van der Waals surface area contributed by atoms with E-state index in [4.69, 9.17) is 0 Å². The number of pyridine rings is 1. The highest BCUT2D eigenvalue weighted by atomic mass is 15.2. The quantitative estimate of drug-likeness (QED) is 0.905. The molecule has 1 N–H and O–H groups in total. The van der Waals surface area contributed by atoms with Crippen molar-refractivity contribution >= 4 is 16.5 Å². The first kappa shape index (κ1) is 12.2. The lowest BCUT2D eigenvalue weighted by atomic mass is 9.97. The third-order valence-corrected chi connectivity index (χ3v) is 4.86. The van der Waals surface area contributed by atoms with Crippen LogP contribution < -0.4 is 5.32 Å². The molecule has 2 aromatic rings. The van der Waals surface area contributed by atoms with Gasteiger partial charge in [0.2, 0.25) is 0 Å². The van der Waals surface area contributed by atoms with Gasteiger partial charge in [-0.2, -0.15) is 0 Å². The van der Waals surface area contributed by atoms with E-state index in [0.29, 0.717) is 6.04 Å². The number of piperidine rings is 1. The molecule has 4 rings (SSSR count). The van der Waals surface area contributed by atoms with E-state index in [0.717, 1.165) is 6.04 Å². The average Bonchev–Trinajstić information content (AvgIpc) is 2.95. The van der Waals surface area contributed by atoms with Gasteiger partial charge in [-0.25, -0.2) is 0 Å². The topological polar surface area (TPSA) is 28.2 Å². The molecule has 2 aliphatic heterocycles. The van der Waals surface area contributed by atoms with Gasteiger partial charge in [0.1, 0.15) is 0 Å². The highest BCUT2D eigenvalue weighted by Crippen LogP contribution is 2.30. The van der Waals surface area contributed by atoms with E-state index >= 15 is 0 Å². The predicted molar refractivity (Wildman–Crippen MR) is 83.0 cm³/mol. The summed E-state index contributed by atoms with van der Waals surface area (Å²) >= 11 is 0. The van der Waals surface area contributed by atoms with Crippen LogP contribution in [0.4, 0.5) is 5.69 Å². The summed E-state index contributed by atoms with van der Waals surface area (Å²) in [4.78, 5) is 6.94. The van der Waals surface area contributed by atoms with Crippen LogP contribution in [-0.4, -0.2) is 35.1 Å². The van der Waals surface area contributed by atoms with E-state index in [1.54, 1.807) is 0 Å². The molecule has 20 heavy (non-hydrogen) atoms. The maximum absolute atomic E-state index is 4.27. The first-order chi connectivity index (χ1) is 9.90. The molecular formula is C17H21N3. The first-order valence-corrected chi connectivity index (χ1v) is 7.73. The number of benzene rings is 1. The fourth-order valence-corrected chi connectivity index (χ4v) is 3.81. The number of nitrogens with zero attached hydrogens (tertiary/aromatic N) is 2. The monoisotopic (exact) mass is 267 g/mol. The molecule has 3 heterocycles. The van der Waals surface area contributed by atoms with Gasteiger partial charge >= 0.3 is 0 Å². The largest absolute Gasteiger partial charge is 0.382 e. The average molecular weight is 267 g/mol. The predicted octanol–water partition coefficient (Wildman–Crippen LogP) is 3.27. The zero-order valence-electron chi connectivity index (χ0n) is 11.8. The van der Waals surface area contributed by atoms with Gasteiger partial charge in [0.15, 0.2) is 0 Å². The lowest BCUT2D eigenvalue weighted by molar-refractivity contribution is 0.188. The second-order valence-electron chi connectivity index (χ2n) is 6.10. The van der Waals surface area contributed by atoms with Gasteiger partial charge in [-0.05, 0) is 49.7 Å². The molecule has 0 aliphatic carbocycles. The first-order valence-electron chi connectivity index (χ1n) is 7.73. The van der Waals surface area contributed by atoms with Crippen LogP contribution in [0.25, 0.3) is 10.8 Å². The minimum atomic E-state index is 0.611. The second-order valence-corrected chi connectivity index (χ2v) is 6.10. The van der Waals surface area contributed by atoms with Gasteiger partial charge in [-0.15, -0.1) is 0 Å². The van der Waals surface area contributed by atoms with Crippen LogP contribution in [0.2, 0.25) is 0 Å². The van der Waals surface area contributed by atoms with Gasteiger partial charge in [-0.3, -0.25) is 4.98 Å². The highest BCUT2D eigenvalue weighted by Gasteiger charge is 2.31. The zero-order chi connectivity index (χ0) is 13.4. The number of hydrogen-bond acceptors (Lipinski definition) is 3. The van der Waals surface area contributed by atoms with Crippen molar-refractivity contribution in [2.24, 2.45) is 0 Å². The molecule has 0 radical (unpaired) electrons. The second kappa shape index (κ2) is 5.06. The molecule has 2 aliphatic rings. The van der Waals surface area contributed by atoms with Gasteiger partial charge < -0.3 is 10.2 Å². The van der Waals surface area contributed by atoms with Crippen LogP contribution in [0.5, 0.6) is 0 Å². The Hall–Kier alpha value is -1.61. The number of anilines is 1. The van der Waals surface area contributed by atoms with E-state index < -0.39 is 0 Å². The van der Waals surface area contributed by atoms with Crippen LogP contribution in [0.3, 0.4) is 0 Å². The summed E-state index contributed by atoms with van der Waals surface area (Å²) in [5, 5.41) is 6.28. The summed E-state index contributed by atoms with van der Waals surface area (Å²) in [5.41, 5.74) is 1.24. The fourth-order valence-electron chi connectivity index (χ4n) is 3.81. The van der Waals surface area contributed by atoms with Gasteiger partial charge in [0, 0.05) is 42.1 Å². The smallest absolute Gasteiger partial charge is 0.0437 e. The van der Waals surface area contributed by atoms with Gasteiger partial charge in [-0.1, -0.05) is 12.1 Å². The molecule has 0 amide bonds. The Balaban J connectivity index is 1.56. The SMILES string of the molecule is c1cc(NC2CCN3CCCC3C2)c2cnccc2c1. The Morgan fingerprint density at radius 2 is 2.15 bits per heavy atom. The summed E-state index contributed by atoms with van der Waals surface area (Å²) in [6, 6.07) is 9.98. The molecule has 0 bridgehead atoms. The van der Waals surface area contributed by atoms with Crippen molar-refractivity contribution in [2.75, 3.05) is 18.4 Å². The molecule has 3 heteroatoms. The summed E-state index contributed by atoms with van der Waals surface area (Å²) in [6.07, 6.45) is 9.15. The minimum absolute atomic E-state index is 0.611. The van der Waals surface area contributed by atoms with Crippen molar-refractivity contribution in [2.45, 2.75) is 37.8 Å². The fraction of sp³-hybridized carbons (Fsp3) is 0.471. The number of rotatable bonds is 2. The van der Waals surface area contributed by atoms with Crippen LogP contribution in [0.1, 0.15) is 25.7 Å². The van der Waals surface area contributed by atoms with Gasteiger partial charge in [0.05, 0.1) is 0 Å². The lowest BCUT2D eigenvalue weighted by Gasteiger charge is -2.35. The van der Waals surface area contributed by atoms with E-state index in [9.17, 15) is 0 Å². The third-order valence-electron chi connectivity index (χ3n) is 4.86. The summed E-state index contributed by atoms with van der Waals surface area (Å²) in [6.45, 7) is 2.57. The summed E-state index contributed by atoms with van der Waals surface area (Å²) in [7, 11) is 0. The standard InChI is InChI=1S/C17H21N3/c1-3-13-6-8-18-12-16(13)17(5-1)19-14-7-10-20-9-2-4-15(20)11-14/h1,3,5-6,8,12,14-15,19H,2,4,7,9-11H2. The molecule has 1 aromatic heterocycles. The third kappa shape index (κ3) is 2.16. The van der Waals surface area contributed by atoms with E-state index in [2.05, 4.69) is 39.5 Å². The summed E-state index contributed by atoms with van der Waals surface area (Å²) in [5.74, 6) is 0. The number of hydrogen-bond donors (Lipinski definition) is 1. The van der Waals surface area contributed by atoms with Crippen molar-refractivity contribution in [1.29, 1.82) is 0 Å². The van der Waals surface area contributed by atoms with E-state index in [-0.39, 0.29) is 0 Å². The van der Waals surface area contributed by atoms with Crippen LogP contribution in [-0.2, 0) is 0 Å². The number of fused-ring (bicyclic) bond motifs is 2. The maximum atomic E-state index is 4.27. The van der Waals surface area contributed by atoms with Crippen LogP contribution in [0, 0.1) is 0 Å². The van der Waals surface area contributed by atoms with Gasteiger partial charge in [0.25, 0.3) is 0 Å². The van der Waals surface area contributed by atoms with Crippen molar-refractivity contribution < 1.29 is 0 Å². The normalized spacial score (nSPS) is 26.6. The molecule has 0 saturated carbocycles. The van der Waals surface area contributed by atoms with Crippen molar-refractivity contribution in [3.05, 3.63) is 36.7 Å². The molecule has 2 unspecified atom stereocenters. The molecule has 1 aromatic carbocycles. The van der Waals surface area contributed by atoms with E-state index in [1.807, 2.05) is 12.4 Å². The van der Waals surface area contributed by atoms with Crippen LogP contribution >= 0.6 is 0 Å². The molecular weight excluding hydrogens is 246 g/mol. The lowest BCUT2D eigenvalue weighted by Crippen LogP contribution is -2.42. The molecule has 2 saturated heterocycles. The highest BCUT2D eigenvalue weighted by molar-refractivity contribution is 5.93. The number of nitrogens with one attached hydrogen (secondary N) is 1. The Bertz CT molecular complexity index is 605. The Morgan fingerprint density at radius 1 is 1.15 bits per heavy atom. The van der Waals surface area contributed by atoms with Crippen molar-refractivity contribution in [3.63, 3.8) is 0 Å². The van der Waals surface area contributed by atoms with Crippen molar-refractivity contribution in [1.82, 2.24) is 9.88 Å².